The van der Waals surface area contributed by atoms with Crippen molar-refractivity contribution >= 4 is 27.9 Å². The molecule has 0 saturated carbocycles. The van der Waals surface area contributed by atoms with Crippen LogP contribution in [0.2, 0.25) is 0 Å². The number of rotatable bonds is 4. The first-order chi connectivity index (χ1) is 13.7. The maximum absolute atomic E-state index is 13.9. The molecule has 0 fully saturated rings. The number of fused-ring (bicyclic) bond motifs is 2. The second kappa shape index (κ2) is 6.38. The number of halogens is 1. The van der Waals surface area contributed by atoms with Crippen LogP contribution in [0, 0.1) is 5.82 Å². The Hall–Kier alpha value is -3.88. The minimum absolute atomic E-state index is 0.197. The summed E-state index contributed by atoms with van der Waals surface area (Å²) < 4.78 is 15.7. The summed E-state index contributed by atoms with van der Waals surface area (Å²) >= 11 is 0. The Morgan fingerprint density at radius 2 is 1.96 bits per heavy atom. The number of H-pyrrole nitrogens is 1. The van der Waals surface area contributed by atoms with Crippen molar-refractivity contribution < 1.29 is 4.39 Å². The first-order valence-electron chi connectivity index (χ1n) is 8.70. The van der Waals surface area contributed by atoms with Crippen molar-refractivity contribution in [3.05, 3.63) is 66.9 Å². The van der Waals surface area contributed by atoms with Crippen LogP contribution < -0.4 is 5.32 Å². The van der Waals surface area contributed by atoms with E-state index in [9.17, 15) is 4.39 Å². The molecule has 1 atom stereocenters. The molecule has 28 heavy (non-hydrogen) atoms. The van der Waals surface area contributed by atoms with E-state index in [4.69, 9.17) is 5.10 Å². The molecule has 0 aliphatic heterocycles. The van der Waals surface area contributed by atoms with Crippen LogP contribution >= 0.6 is 0 Å². The van der Waals surface area contributed by atoms with E-state index in [1.807, 2.05) is 19.1 Å². The van der Waals surface area contributed by atoms with Crippen LogP contribution in [0.1, 0.15) is 18.7 Å². The molecule has 5 rings (SSSR count). The van der Waals surface area contributed by atoms with Crippen LogP contribution in [0.4, 0.5) is 10.2 Å². The predicted octanol–water partition coefficient (Wildman–Crippen LogP) is 3.40. The van der Waals surface area contributed by atoms with E-state index in [-0.39, 0.29) is 11.9 Å². The molecule has 4 heterocycles. The van der Waals surface area contributed by atoms with Gasteiger partial charge in [0.05, 0.1) is 29.3 Å². The first-order valence-corrected chi connectivity index (χ1v) is 8.70. The second-order valence-corrected chi connectivity index (χ2v) is 6.35. The van der Waals surface area contributed by atoms with Crippen molar-refractivity contribution in [1.29, 1.82) is 0 Å². The van der Waals surface area contributed by atoms with Crippen LogP contribution in [0.5, 0.6) is 0 Å². The van der Waals surface area contributed by atoms with E-state index in [1.165, 1.54) is 18.5 Å². The number of anilines is 1. The Bertz CT molecular complexity index is 1280. The number of aromatic nitrogens is 7. The summed E-state index contributed by atoms with van der Waals surface area (Å²) in [5, 5.41) is 8.96. The van der Waals surface area contributed by atoms with Crippen molar-refractivity contribution in [2.75, 3.05) is 5.32 Å². The maximum Gasteiger partial charge on any atom is 0.182 e. The lowest BCUT2D eigenvalue weighted by atomic mass is 10.1. The number of hydrogen-bond donors (Lipinski definition) is 2. The summed E-state index contributed by atoms with van der Waals surface area (Å²) in [5.41, 5.74) is 3.57. The SMILES string of the molecule is CC(Nc1ncnc2nc[nH]c12)c1nn(-c2ccncc2)c2cc(F)ccc12. The number of aromatic amines is 1. The van der Waals surface area contributed by atoms with Crippen molar-refractivity contribution in [3.63, 3.8) is 0 Å². The number of benzene rings is 1. The van der Waals surface area contributed by atoms with E-state index < -0.39 is 0 Å². The summed E-state index contributed by atoms with van der Waals surface area (Å²) in [7, 11) is 0. The van der Waals surface area contributed by atoms with Gasteiger partial charge in [0.1, 0.15) is 17.7 Å². The average Bonchev–Trinajstić information content (AvgIpc) is 3.33. The van der Waals surface area contributed by atoms with E-state index in [0.717, 1.165) is 22.3 Å². The van der Waals surface area contributed by atoms with Gasteiger partial charge in [0, 0.05) is 23.8 Å². The highest BCUT2D eigenvalue weighted by Crippen LogP contribution is 2.29. The fourth-order valence-electron chi connectivity index (χ4n) is 3.26. The monoisotopic (exact) mass is 374 g/mol. The molecule has 0 aliphatic rings. The van der Waals surface area contributed by atoms with Gasteiger partial charge >= 0.3 is 0 Å². The third kappa shape index (κ3) is 2.64. The highest BCUT2D eigenvalue weighted by atomic mass is 19.1. The highest BCUT2D eigenvalue weighted by molar-refractivity contribution is 5.85. The van der Waals surface area contributed by atoms with Gasteiger partial charge in [0.15, 0.2) is 11.5 Å². The quantitative estimate of drug-likeness (QED) is 0.500. The molecule has 1 unspecified atom stereocenters. The Balaban J connectivity index is 1.61. The fraction of sp³-hybridized carbons (Fsp3) is 0.105. The maximum atomic E-state index is 13.9. The van der Waals surface area contributed by atoms with Crippen molar-refractivity contribution in [2.24, 2.45) is 0 Å². The number of nitrogens with one attached hydrogen (secondary N) is 2. The Morgan fingerprint density at radius 3 is 2.82 bits per heavy atom. The Kier molecular flexibility index (Phi) is 3.71. The molecule has 0 saturated heterocycles. The molecular weight excluding hydrogens is 359 g/mol. The molecule has 5 aromatic rings. The Morgan fingerprint density at radius 1 is 1.11 bits per heavy atom. The summed E-state index contributed by atoms with van der Waals surface area (Å²) in [6, 6.07) is 8.13. The van der Waals surface area contributed by atoms with Gasteiger partial charge in [-0.05, 0) is 31.2 Å². The number of nitrogens with zero attached hydrogens (tertiary/aromatic N) is 6. The van der Waals surface area contributed by atoms with E-state index in [1.54, 1.807) is 29.5 Å². The van der Waals surface area contributed by atoms with Gasteiger partial charge < -0.3 is 10.3 Å². The molecule has 8 nitrogen and oxygen atoms in total. The van der Waals surface area contributed by atoms with Crippen LogP contribution in [-0.4, -0.2) is 34.7 Å². The molecule has 0 spiro atoms. The molecule has 1 aromatic carbocycles. The number of pyridine rings is 1. The lowest BCUT2D eigenvalue weighted by Gasteiger charge is -2.13. The van der Waals surface area contributed by atoms with Crippen LogP contribution in [-0.2, 0) is 0 Å². The molecule has 0 bridgehead atoms. The molecule has 4 aromatic heterocycles. The topological polar surface area (TPSA) is 97.2 Å². The first kappa shape index (κ1) is 16.3. The van der Waals surface area contributed by atoms with Gasteiger partial charge in [-0.2, -0.15) is 5.10 Å². The minimum Gasteiger partial charge on any atom is -0.360 e. The smallest absolute Gasteiger partial charge is 0.182 e. The zero-order chi connectivity index (χ0) is 19.1. The molecule has 9 heteroatoms. The largest absolute Gasteiger partial charge is 0.360 e. The van der Waals surface area contributed by atoms with Crippen LogP contribution in [0.15, 0.2) is 55.4 Å². The lowest BCUT2D eigenvalue weighted by molar-refractivity contribution is 0.629. The molecule has 0 radical (unpaired) electrons. The van der Waals surface area contributed by atoms with E-state index in [0.29, 0.717) is 17.0 Å². The zero-order valence-corrected chi connectivity index (χ0v) is 14.8. The van der Waals surface area contributed by atoms with Gasteiger partial charge in [0.2, 0.25) is 0 Å². The highest BCUT2D eigenvalue weighted by Gasteiger charge is 2.19. The van der Waals surface area contributed by atoms with E-state index >= 15 is 0 Å². The van der Waals surface area contributed by atoms with E-state index in [2.05, 4.69) is 30.2 Å². The molecule has 138 valence electrons. The summed E-state index contributed by atoms with van der Waals surface area (Å²) in [5.74, 6) is 0.313. The van der Waals surface area contributed by atoms with Crippen molar-refractivity contribution in [1.82, 2.24) is 34.7 Å². The standard InChI is InChI=1S/C19H15FN8/c1-11(26-19-17-18(23-9-22-17)24-10-25-19)16-14-3-2-12(20)8-15(14)28(27-16)13-4-6-21-7-5-13/h2-11H,1H3,(H2,22,23,24,25,26). The van der Waals surface area contributed by atoms with Crippen LogP contribution in [0.25, 0.3) is 27.8 Å². The van der Waals surface area contributed by atoms with Crippen LogP contribution in [0.3, 0.4) is 0 Å². The average molecular weight is 374 g/mol. The van der Waals surface area contributed by atoms with Crippen molar-refractivity contribution in [3.8, 4) is 5.69 Å². The van der Waals surface area contributed by atoms with Gasteiger partial charge in [-0.1, -0.05) is 0 Å². The molecule has 0 amide bonds. The van der Waals surface area contributed by atoms with Gasteiger partial charge in [-0.15, -0.1) is 0 Å². The number of hydrogen-bond acceptors (Lipinski definition) is 6. The lowest BCUT2D eigenvalue weighted by Crippen LogP contribution is -2.10. The normalized spacial score (nSPS) is 12.5. The molecule has 0 aliphatic carbocycles. The zero-order valence-electron chi connectivity index (χ0n) is 14.8. The molecule has 2 N–H and O–H groups in total. The fourth-order valence-corrected chi connectivity index (χ4v) is 3.26. The third-order valence-electron chi connectivity index (χ3n) is 4.57. The third-order valence-corrected chi connectivity index (χ3v) is 4.57. The number of imidazole rings is 1. The minimum atomic E-state index is -0.315. The van der Waals surface area contributed by atoms with Gasteiger partial charge in [-0.3, -0.25) is 4.98 Å². The summed E-state index contributed by atoms with van der Waals surface area (Å²) in [6.45, 7) is 1.98. The summed E-state index contributed by atoms with van der Waals surface area (Å²) in [4.78, 5) is 19.7. The Labute approximate surface area is 158 Å². The predicted molar refractivity (Wildman–Crippen MR) is 103 cm³/mol. The van der Waals surface area contributed by atoms with Crippen molar-refractivity contribution in [2.45, 2.75) is 13.0 Å². The second-order valence-electron chi connectivity index (χ2n) is 6.35. The van der Waals surface area contributed by atoms with Gasteiger partial charge in [-0.25, -0.2) is 24.0 Å². The summed E-state index contributed by atoms with van der Waals surface area (Å²) in [6.07, 6.45) is 6.39. The molecular formula is C19H15FN8. The van der Waals surface area contributed by atoms with Gasteiger partial charge in [0.25, 0.3) is 0 Å².